The van der Waals surface area contributed by atoms with Crippen LogP contribution >= 0.6 is 0 Å². The third-order valence-corrected chi connectivity index (χ3v) is 9.24. The van der Waals surface area contributed by atoms with Crippen LogP contribution in [0.4, 0.5) is 34.1 Å². The van der Waals surface area contributed by atoms with Gasteiger partial charge in [-0.15, -0.1) is 0 Å². The highest BCUT2D eigenvalue weighted by Gasteiger charge is 2.43. The van der Waals surface area contributed by atoms with E-state index < -0.39 is 0 Å². The van der Waals surface area contributed by atoms with E-state index in [0.717, 1.165) is 28.4 Å². The van der Waals surface area contributed by atoms with Crippen LogP contribution in [-0.2, 0) is 0 Å². The Morgan fingerprint density at radius 2 is 1.21 bits per heavy atom. The molecule has 0 saturated carbocycles. The number of pyridine rings is 2. The van der Waals surface area contributed by atoms with Crippen molar-refractivity contribution in [3.63, 3.8) is 0 Å². The first-order valence-corrected chi connectivity index (χ1v) is 14.8. The molecule has 0 atom stereocenters. The molecule has 0 amide bonds. The van der Waals surface area contributed by atoms with Gasteiger partial charge in [-0.1, -0.05) is 83.3 Å². The lowest BCUT2D eigenvalue weighted by atomic mass is 9.33. The summed E-state index contributed by atoms with van der Waals surface area (Å²) in [6.45, 7) is 4.54. The molecule has 0 bridgehead atoms. The first kappa shape index (κ1) is 24.2. The summed E-state index contributed by atoms with van der Waals surface area (Å²) in [5.74, 6) is 0. The summed E-state index contributed by atoms with van der Waals surface area (Å²) in [5, 5.41) is 4.91. The number of rotatable bonds is 2. The van der Waals surface area contributed by atoms with E-state index >= 15 is 0 Å². The van der Waals surface area contributed by atoms with Gasteiger partial charge in [0.15, 0.2) is 0 Å². The van der Waals surface area contributed by atoms with Crippen molar-refractivity contribution in [1.82, 2.24) is 9.97 Å². The molecule has 202 valence electrons. The Kier molecular flexibility index (Phi) is 5.09. The highest BCUT2D eigenvalue weighted by atomic mass is 15.3. The summed E-state index contributed by atoms with van der Waals surface area (Å²) in [5.41, 5.74) is 13.4. The molecule has 2 aromatic heterocycles. The SMILES string of the molecule is Cc1cccc(C)c1B1c2ccncc2N2c3cc4ccccc4cc3N(c3cccnc3)c3cc4ccccc4c1c32. The van der Waals surface area contributed by atoms with Crippen molar-refractivity contribution in [3.8, 4) is 0 Å². The molecule has 0 fully saturated rings. The minimum Gasteiger partial charge on any atom is -0.306 e. The summed E-state index contributed by atoms with van der Waals surface area (Å²) in [4.78, 5) is 14.1. The molecule has 0 N–H and O–H groups in total. The van der Waals surface area contributed by atoms with Crippen LogP contribution in [0.1, 0.15) is 11.1 Å². The fourth-order valence-corrected chi connectivity index (χ4v) is 7.45. The lowest BCUT2D eigenvalue weighted by Gasteiger charge is -2.46. The number of anilines is 6. The van der Waals surface area contributed by atoms with Gasteiger partial charge in [-0.3, -0.25) is 9.97 Å². The van der Waals surface area contributed by atoms with Crippen LogP contribution in [0.2, 0.25) is 0 Å². The van der Waals surface area contributed by atoms with Gasteiger partial charge in [-0.05, 0) is 82.7 Å². The average molecular weight is 550 g/mol. The largest absolute Gasteiger partial charge is 0.306 e. The second-order valence-corrected chi connectivity index (χ2v) is 11.6. The quantitative estimate of drug-likeness (QED) is 0.209. The van der Waals surface area contributed by atoms with Crippen LogP contribution in [0, 0.1) is 13.8 Å². The number of nitrogens with zero attached hydrogens (tertiary/aromatic N) is 4. The Morgan fingerprint density at radius 1 is 0.535 bits per heavy atom. The third-order valence-electron chi connectivity index (χ3n) is 9.24. The number of benzene rings is 5. The number of aryl methyl sites for hydroxylation is 2. The Morgan fingerprint density at radius 3 is 1.95 bits per heavy atom. The molecular weight excluding hydrogens is 523 g/mol. The van der Waals surface area contributed by atoms with Crippen molar-refractivity contribution in [2.24, 2.45) is 0 Å². The van der Waals surface area contributed by atoms with Crippen molar-refractivity contribution in [3.05, 3.63) is 139 Å². The van der Waals surface area contributed by atoms with Gasteiger partial charge in [-0.2, -0.15) is 0 Å². The zero-order valence-corrected chi connectivity index (χ0v) is 24.0. The third kappa shape index (κ3) is 3.39. The number of fused-ring (bicyclic) bond motifs is 7. The second kappa shape index (κ2) is 9.04. The molecule has 5 aromatic carbocycles. The molecule has 7 aromatic rings. The molecule has 5 heteroatoms. The van der Waals surface area contributed by atoms with E-state index in [9.17, 15) is 0 Å². The van der Waals surface area contributed by atoms with E-state index in [2.05, 4.69) is 132 Å². The van der Waals surface area contributed by atoms with E-state index in [1.165, 1.54) is 54.7 Å². The first-order chi connectivity index (χ1) is 21.2. The van der Waals surface area contributed by atoms with Crippen LogP contribution in [0.25, 0.3) is 21.5 Å². The normalized spacial score (nSPS) is 13.2. The van der Waals surface area contributed by atoms with Crippen LogP contribution in [0.15, 0.2) is 128 Å². The number of hydrogen-bond donors (Lipinski definition) is 0. The molecule has 9 rings (SSSR count). The fourth-order valence-electron chi connectivity index (χ4n) is 7.45. The zero-order valence-electron chi connectivity index (χ0n) is 24.0. The van der Waals surface area contributed by atoms with Gasteiger partial charge < -0.3 is 9.80 Å². The molecule has 0 unspecified atom stereocenters. The van der Waals surface area contributed by atoms with Gasteiger partial charge in [0, 0.05) is 12.4 Å². The fraction of sp³-hybridized carbons (Fsp3) is 0.0526. The highest BCUT2D eigenvalue weighted by Crippen LogP contribution is 2.56. The van der Waals surface area contributed by atoms with Crippen LogP contribution < -0.4 is 26.2 Å². The maximum absolute atomic E-state index is 4.71. The van der Waals surface area contributed by atoms with Crippen LogP contribution in [0.3, 0.4) is 0 Å². The first-order valence-electron chi connectivity index (χ1n) is 14.8. The van der Waals surface area contributed by atoms with Crippen LogP contribution in [-0.4, -0.2) is 16.7 Å². The van der Waals surface area contributed by atoms with Gasteiger partial charge in [0.05, 0.1) is 46.5 Å². The maximum Gasteiger partial charge on any atom is 0.248 e. The zero-order chi connectivity index (χ0) is 28.7. The number of aromatic nitrogens is 2. The molecule has 2 aliphatic heterocycles. The molecular formula is C38H27BN4. The van der Waals surface area contributed by atoms with Crippen molar-refractivity contribution >= 4 is 78.8 Å². The smallest absolute Gasteiger partial charge is 0.248 e. The van der Waals surface area contributed by atoms with E-state index in [4.69, 9.17) is 4.98 Å². The Bertz CT molecular complexity index is 2220. The predicted molar refractivity (Wildman–Crippen MR) is 181 cm³/mol. The molecule has 0 spiro atoms. The van der Waals surface area contributed by atoms with E-state index in [0.29, 0.717) is 0 Å². The van der Waals surface area contributed by atoms with E-state index in [1.807, 2.05) is 24.7 Å². The molecule has 0 aliphatic carbocycles. The van der Waals surface area contributed by atoms with Crippen LogP contribution in [0.5, 0.6) is 0 Å². The van der Waals surface area contributed by atoms with Gasteiger partial charge in [-0.25, -0.2) is 0 Å². The summed E-state index contributed by atoms with van der Waals surface area (Å²) in [6.07, 6.45) is 7.81. The standard InChI is InChI=1S/C38H27BN4/c1-24-9-7-10-25(2)36(24)39-31-16-18-41-23-35(31)43-33-20-27-12-4-3-11-26(27)19-32(33)42(29-14-8-17-40-22-29)34-21-28-13-5-6-15-30(28)37(39)38(34)43/h3-23H,1-2H3. The van der Waals surface area contributed by atoms with E-state index in [1.54, 1.807) is 0 Å². The maximum atomic E-state index is 4.71. The Labute approximate surface area is 251 Å². The minimum atomic E-state index is 0.0491. The predicted octanol–water partition coefficient (Wildman–Crippen LogP) is 7.48. The molecule has 4 nitrogen and oxygen atoms in total. The summed E-state index contributed by atoms with van der Waals surface area (Å²) in [6, 6.07) is 37.6. The van der Waals surface area contributed by atoms with Crippen molar-refractivity contribution in [2.75, 3.05) is 9.80 Å². The molecule has 4 heterocycles. The highest BCUT2D eigenvalue weighted by molar-refractivity contribution is 7.00. The van der Waals surface area contributed by atoms with Crippen molar-refractivity contribution in [2.45, 2.75) is 13.8 Å². The summed E-state index contributed by atoms with van der Waals surface area (Å²) >= 11 is 0. The summed E-state index contributed by atoms with van der Waals surface area (Å²) in [7, 11) is 0. The van der Waals surface area contributed by atoms with Gasteiger partial charge >= 0.3 is 0 Å². The lowest BCUT2D eigenvalue weighted by molar-refractivity contribution is 1.16. The monoisotopic (exact) mass is 550 g/mol. The average Bonchev–Trinajstić information content (AvgIpc) is 3.04. The minimum absolute atomic E-state index is 0.0491. The van der Waals surface area contributed by atoms with Gasteiger partial charge in [0.25, 0.3) is 0 Å². The number of hydrogen-bond acceptors (Lipinski definition) is 4. The lowest BCUT2D eigenvalue weighted by Crippen LogP contribution is -2.59. The Balaban J connectivity index is 1.49. The molecule has 0 saturated heterocycles. The Hall–Kier alpha value is -5.42. The van der Waals surface area contributed by atoms with Gasteiger partial charge in [0.2, 0.25) is 6.71 Å². The molecule has 2 aliphatic rings. The van der Waals surface area contributed by atoms with Crippen molar-refractivity contribution in [1.29, 1.82) is 0 Å². The topological polar surface area (TPSA) is 32.3 Å². The van der Waals surface area contributed by atoms with E-state index in [-0.39, 0.29) is 6.71 Å². The molecule has 0 radical (unpaired) electrons. The summed E-state index contributed by atoms with van der Waals surface area (Å²) < 4.78 is 0. The molecule has 43 heavy (non-hydrogen) atoms. The van der Waals surface area contributed by atoms with Gasteiger partial charge in [0.1, 0.15) is 0 Å². The second-order valence-electron chi connectivity index (χ2n) is 11.6. The van der Waals surface area contributed by atoms with Crippen molar-refractivity contribution < 1.29 is 0 Å².